The van der Waals surface area contributed by atoms with Crippen LogP contribution < -0.4 is 5.73 Å². The second-order valence-electron chi connectivity index (χ2n) is 5.92. The summed E-state index contributed by atoms with van der Waals surface area (Å²) in [5.41, 5.74) is 7.38. The van der Waals surface area contributed by atoms with E-state index in [-0.39, 0.29) is 0 Å². The molecule has 5 nitrogen and oxygen atoms in total. The largest absolute Gasteiger partial charge is 0.333 e. The van der Waals surface area contributed by atoms with Gasteiger partial charge in [0.05, 0.1) is 18.1 Å². The molecule has 0 bridgehead atoms. The first-order valence-electron chi connectivity index (χ1n) is 8.43. The monoisotopic (exact) mass is 293 g/mol. The van der Waals surface area contributed by atoms with Crippen molar-refractivity contribution >= 4 is 0 Å². The van der Waals surface area contributed by atoms with Gasteiger partial charge in [0.1, 0.15) is 0 Å². The maximum absolute atomic E-state index is 6.10. The summed E-state index contributed by atoms with van der Waals surface area (Å²) >= 11 is 0. The summed E-state index contributed by atoms with van der Waals surface area (Å²) in [7, 11) is 0. The van der Waals surface area contributed by atoms with Gasteiger partial charge in [-0.1, -0.05) is 20.8 Å². The van der Waals surface area contributed by atoms with Gasteiger partial charge in [-0.2, -0.15) is 0 Å². The number of hydrogen-bond donors (Lipinski definition) is 1. The molecule has 1 aromatic heterocycles. The van der Waals surface area contributed by atoms with Crippen LogP contribution in [0.2, 0.25) is 0 Å². The Labute approximate surface area is 129 Å². The highest BCUT2D eigenvalue weighted by atomic mass is 15.3. The van der Waals surface area contributed by atoms with E-state index in [4.69, 9.17) is 5.73 Å². The average molecular weight is 293 g/mol. The van der Waals surface area contributed by atoms with Crippen molar-refractivity contribution in [2.45, 2.75) is 52.2 Å². The lowest BCUT2D eigenvalue weighted by molar-refractivity contribution is 0.186. The molecule has 0 spiro atoms. The van der Waals surface area contributed by atoms with Crippen LogP contribution >= 0.6 is 0 Å². The van der Waals surface area contributed by atoms with Gasteiger partial charge >= 0.3 is 0 Å². The second kappa shape index (κ2) is 7.92. The molecule has 2 N–H and O–H groups in total. The number of nitrogens with two attached hydrogens (primary N) is 1. The molecule has 1 fully saturated rings. The smallest absolute Gasteiger partial charge is 0.0948 e. The van der Waals surface area contributed by atoms with Gasteiger partial charge in [0, 0.05) is 38.4 Å². The van der Waals surface area contributed by atoms with E-state index in [2.05, 4.69) is 40.1 Å². The Morgan fingerprint density at radius 3 is 2.76 bits per heavy atom. The highest BCUT2D eigenvalue weighted by molar-refractivity contribution is 5.08. The molecule has 0 saturated carbocycles. The molecule has 21 heavy (non-hydrogen) atoms. The fourth-order valence-corrected chi connectivity index (χ4v) is 3.58. The number of aryl methyl sites for hydroxylation is 1. The fraction of sp³-hybridized carbons (Fsp3) is 0.812. The zero-order chi connectivity index (χ0) is 15.2. The second-order valence-corrected chi connectivity index (χ2v) is 5.92. The van der Waals surface area contributed by atoms with Gasteiger partial charge in [0.2, 0.25) is 0 Å². The first kappa shape index (κ1) is 16.5. The number of likely N-dealkylation sites (N-methyl/N-ethyl adjacent to an activating group) is 1. The van der Waals surface area contributed by atoms with Crippen LogP contribution in [-0.4, -0.2) is 58.1 Å². The van der Waals surface area contributed by atoms with E-state index in [0.717, 1.165) is 39.1 Å². The molecule has 2 unspecified atom stereocenters. The van der Waals surface area contributed by atoms with Crippen LogP contribution in [0.4, 0.5) is 0 Å². The molecule has 1 aliphatic heterocycles. The summed E-state index contributed by atoms with van der Waals surface area (Å²) in [6, 6.07) is 0.983. The molecule has 2 atom stereocenters. The van der Waals surface area contributed by atoms with Crippen LogP contribution in [0.25, 0.3) is 0 Å². The Balaban J connectivity index is 2.07. The van der Waals surface area contributed by atoms with Gasteiger partial charge in [-0.15, -0.1) is 0 Å². The van der Waals surface area contributed by atoms with Crippen molar-refractivity contribution in [3.8, 4) is 0 Å². The van der Waals surface area contributed by atoms with E-state index < -0.39 is 0 Å². The lowest BCUT2D eigenvalue weighted by Crippen LogP contribution is -2.39. The van der Waals surface area contributed by atoms with Crippen molar-refractivity contribution in [2.24, 2.45) is 5.73 Å². The van der Waals surface area contributed by atoms with Crippen LogP contribution in [0.3, 0.4) is 0 Å². The zero-order valence-electron chi connectivity index (χ0n) is 13.8. The molecule has 0 aliphatic carbocycles. The molecular formula is C16H31N5. The summed E-state index contributed by atoms with van der Waals surface area (Å²) in [6.07, 6.45) is 6.32. The highest BCUT2D eigenvalue weighted by Gasteiger charge is 2.32. The van der Waals surface area contributed by atoms with E-state index >= 15 is 0 Å². The van der Waals surface area contributed by atoms with Crippen LogP contribution in [0.5, 0.6) is 0 Å². The third kappa shape index (κ3) is 3.65. The van der Waals surface area contributed by atoms with Crippen molar-refractivity contribution in [1.29, 1.82) is 0 Å². The number of aromatic nitrogens is 2. The molecule has 0 radical (unpaired) electrons. The maximum Gasteiger partial charge on any atom is 0.0948 e. The minimum Gasteiger partial charge on any atom is -0.333 e. The Morgan fingerprint density at radius 2 is 2.14 bits per heavy atom. The number of imidazole rings is 1. The van der Waals surface area contributed by atoms with Crippen LogP contribution in [0.1, 0.15) is 45.3 Å². The zero-order valence-corrected chi connectivity index (χ0v) is 13.8. The van der Waals surface area contributed by atoms with Crippen molar-refractivity contribution in [2.75, 3.05) is 32.7 Å². The number of nitrogens with zero attached hydrogens (tertiary/aromatic N) is 4. The Hall–Kier alpha value is -0.910. The topological polar surface area (TPSA) is 50.3 Å². The van der Waals surface area contributed by atoms with E-state index in [9.17, 15) is 0 Å². The lowest BCUT2D eigenvalue weighted by atomic mass is 10.2. The van der Waals surface area contributed by atoms with E-state index in [1.807, 2.05) is 12.5 Å². The molecule has 1 saturated heterocycles. The summed E-state index contributed by atoms with van der Waals surface area (Å²) < 4.78 is 2.27. The van der Waals surface area contributed by atoms with Crippen LogP contribution in [0, 0.1) is 0 Å². The van der Waals surface area contributed by atoms with Gasteiger partial charge in [0.15, 0.2) is 0 Å². The van der Waals surface area contributed by atoms with Crippen LogP contribution in [-0.2, 0) is 6.54 Å². The van der Waals surface area contributed by atoms with Crippen molar-refractivity contribution in [3.05, 3.63) is 18.2 Å². The van der Waals surface area contributed by atoms with Crippen molar-refractivity contribution < 1.29 is 0 Å². The van der Waals surface area contributed by atoms with E-state index in [1.54, 1.807) is 0 Å². The molecular weight excluding hydrogens is 262 g/mol. The van der Waals surface area contributed by atoms with E-state index in [0.29, 0.717) is 18.6 Å². The summed E-state index contributed by atoms with van der Waals surface area (Å²) in [4.78, 5) is 9.45. The predicted octanol–water partition coefficient (Wildman–Crippen LogP) is 1.71. The predicted molar refractivity (Wildman–Crippen MR) is 87.2 cm³/mol. The van der Waals surface area contributed by atoms with E-state index in [1.165, 1.54) is 12.1 Å². The molecule has 1 aromatic rings. The SMILES string of the molecule is CCCn1cncc1C(CN)N1CCC(N(CC)CC)C1. The van der Waals surface area contributed by atoms with Crippen molar-refractivity contribution in [3.63, 3.8) is 0 Å². The van der Waals surface area contributed by atoms with Gasteiger partial charge < -0.3 is 10.3 Å². The summed E-state index contributed by atoms with van der Waals surface area (Å²) in [5, 5.41) is 0. The molecule has 0 aromatic carbocycles. The molecule has 2 heterocycles. The molecule has 0 amide bonds. The highest BCUT2D eigenvalue weighted by Crippen LogP contribution is 2.26. The normalized spacial score (nSPS) is 21.3. The van der Waals surface area contributed by atoms with Crippen molar-refractivity contribution in [1.82, 2.24) is 19.4 Å². The van der Waals surface area contributed by atoms with Gasteiger partial charge in [-0.25, -0.2) is 4.98 Å². The lowest BCUT2D eigenvalue weighted by Gasteiger charge is -2.30. The third-order valence-corrected chi connectivity index (χ3v) is 4.74. The standard InChI is InChI=1S/C16H31N5/c1-4-8-21-13-18-11-16(21)15(10-17)20-9-7-14(12-20)19(5-2)6-3/h11,13-15H,4-10,12,17H2,1-3H3. The Morgan fingerprint density at radius 1 is 1.38 bits per heavy atom. The molecule has 5 heteroatoms. The van der Waals surface area contributed by atoms with Gasteiger partial charge in [-0.05, 0) is 25.9 Å². The maximum atomic E-state index is 6.10. The van der Waals surface area contributed by atoms with Gasteiger partial charge in [0.25, 0.3) is 0 Å². The Kier molecular flexibility index (Phi) is 6.21. The minimum absolute atomic E-state index is 0.305. The molecule has 1 aliphatic rings. The average Bonchev–Trinajstić information content (AvgIpc) is 3.13. The van der Waals surface area contributed by atoms with Gasteiger partial charge in [-0.3, -0.25) is 9.80 Å². The minimum atomic E-state index is 0.305. The first-order valence-corrected chi connectivity index (χ1v) is 8.43. The molecule has 120 valence electrons. The quantitative estimate of drug-likeness (QED) is 0.793. The summed E-state index contributed by atoms with van der Waals surface area (Å²) in [5.74, 6) is 0. The molecule has 2 rings (SSSR count). The fourth-order valence-electron chi connectivity index (χ4n) is 3.58. The first-order chi connectivity index (χ1) is 10.2. The number of hydrogen-bond acceptors (Lipinski definition) is 4. The number of likely N-dealkylation sites (tertiary alicyclic amines) is 1. The number of rotatable bonds is 8. The Bertz CT molecular complexity index is 413. The summed E-state index contributed by atoms with van der Waals surface area (Å²) in [6.45, 7) is 12.9. The third-order valence-electron chi connectivity index (χ3n) is 4.74. The van der Waals surface area contributed by atoms with Crippen LogP contribution in [0.15, 0.2) is 12.5 Å².